The zero-order chi connectivity index (χ0) is 25.4. The van der Waals surface area contributed by atoms with Gasteiger partial charge in [-0.05, 0) is 20.4 Å². The monoisotopic (exact) mass is 496 g/mol. The van der Waals surface area contributed by atoms with E-state index in [0.29, 0.717) is 0 Å². The first-order valence-electron chi connectivity index (χ1n) is 11.4. The number of ether oxygens (including phenoxy) is 5. The predicted octanol–water partition coefficient (Wildman–Crippen LogP) is -5.35. The van der Waals surface area contributed by atoms with Gasteiger partial charge in [-0.25, -0.2) is 0 Å². The first-order valence-corrected chi connectivity index (χ1v) is 11.4. The average Bonchev–Trinajstić information content (AvgIpc) is 2.77. The highest BCUT2D eigenvalue weighted by Crippen LogP contribution is 2.32. The van der Waals surface area contributed by atoms with Crippen molar-refractivity contribution in [3.63, 3.8) is 0 Å². The normalized spacial score (nSPS) is 52.5. The number of rotatable bonds is 7. The Kier molecular flexibility index (Phi) is 9.25. The smallest absolute Gasteiger partial charge is 0.185 e. The van der Waals surface area contributed by atoms with Crippen LogP contribution >= 0.6 is 0 Å². The fraction of sp³-hybridized carbons (Fsp3) is 1.00. The Labute approximate surface area is 198 Å². The van der Waals surface area contributed by atoms with Crippen molar-refractivity contribution in [1.29, 1.82) is 0 Å². The van der Waals surface area contributed by atoms with Crippen molar-refractivity contribution in [1.82, 2.24) is 5.32 Å². The second-order valence-corrected chi connectivity index (χ2v) is 9.54. The van der Waals surface area contributed by atoms with E-state index in [-0.39, 0.29) is 13.0 Å². The van der Waals surface area contributed by atoms with Gasteiger partial charge >= 0.3 is 0 Å². The number of aliphatic hydroxyl groups excluding tert-OH is 4. The quantitative estimate of drug-likeness (QED) is 0.160. The van der Waals surface area contributed by atoms with Gasteiger partial charge < -0.3 is 71.7 Å². The van der Waals surface area contributed by atoms with E-state index in [2.05, 4.69) is 5.32 Å². The van der Waals surface area contributed by atoms with Gasteiger partial charge in [-0.3, -0.25) is 0 Å². The lowest BCUT2D eigenvalue weighted by Gasteiger charge is -2.49. The molecule has 3 aliphatic rings. The molecule has 0 unspecified atom stereocenters. The van der Waals surface area contributed by atoms with Crippen LogP contribution in [0.5, 0.6) is 0 Å². The summed E-state index contributed by atoms with van der Waals surface area (Å²) in [5, 5.41) is 54.9. The minimum Gasteiger partial charge on any atom is -0.394 e. The summed E-state index contributed by atoms with van der Waals surface area (Å²) in [6.07, 6.45) is -9.93. The highest BCUT2D eigenvalue weighted by Gasteiger charge is 2.52. The first-order chi connectivity index (χ1) is 16.0. The maximum Gasteiger partial charge on any atom is 0.185 e. The average molecular weight is 497 g/mol. The number of hydrogen-bond acceptors (Lipinski definition) is 14. The number of likely N-dealkylation sites (N-methyl/N-ethyl adjacent to an activating group) is 1. The van der Waals surface area contributed by atoms with Crippen LogP contribution in [0.1, 0.15) is 13.3 Å². The van der Waals surface area contributed by atoms with Crippen LogP contribution in [0.4, 0.5) is 0 Å². The molecule has 3 rings (SSSR count). The van der Waals surface area contributed by atoms with E-state index in [1.165, 1.54) is 14.0 Å². The summed E-state index contributed by atoms with van der Waals surface area (Å²) in [4.78, 5) is 0. The van der Waals surface area contributed by atoms with Crippen LogP contribution < -0.4 is 22.5 Å². The van der Waals surface area contributed by atoms with Crippen molar-refractivity contribution in [2.75, 3.05) is 27.4 Å². The predicted molar refractivity (Wildman–Crippen MR) is 116 cm³/mol. The molecule has 2 heterocycles. The van der Waals surface area contributed by atoms with E-state index < -0.39 is 91.7 Å². The number of nitrogens with two attached hydrogens (primary N) is 3. The molecule has 0 aromatic heterocycles. The lowest BCUT2D eigenvalue weighted by atomic mass is 9.84. The molecule has 0 amide bonds. The largest absolute Gasteiger partial charge is 0.394 e. The summed E-state index contributed by atoms with van der Waals surface area (Å²) in [5.41, 5.74) is 17.2. The Morgan fingerprint density at radius 3 is 2.09 bits per heavy atom. The molecule has 34 heavy (non-hydrogen) atoms. The molecule has 14 atom stereocenters. The third-order valence-corrected chi connectivity index (χ3v) is 6.96. The van der Waals surface area contributed by atoms with E-state index in [1.54, 1.807) is 7.05 Å². The minimum absolute atomic E-state index is 0.119. The van der Waals surface area contributed by atoms with E-state index in [1.807, 2.05) is 0 Å². The molecule has 14 nitrogen and oxygen atoms in total. The third kappa shape index (κ3) is 5.40. The molecule has 0 bridgehead atoms. The van der Waals surface area contributed by atoms with Gasteiger partial charge in [0, 0.05) is 19.2 Å². The van der Waals surface area contributed by atoms with Gasteiger partial charge in [-0.2, -0.15) is 0 Å². The zero-order valence-electron chi connectivity index (χ0n) is 19.6. The van der Waals surface area contributed by atoms with Crippen LogP contribution in [0.2, 0.25) is 0 Å². The van der Waals surface area contributed by atoms with Gasteiger partial charge in [0.1, 0.15) is 48.3 Å². The molecule has 14 heteroatoms. The van der Waals surface area contributed by atoms with E-state index in [0.717, 1.165) is 0 Å². The molecule has 1 aliphatic carbocycles. The topological polar surface area (TPSA) is 237 Å². The summed E-state index contributed by atoms with van der Waals surface area (Å²) in [6.45, 7) is 0.900. The number of methoxy groups -OCH3 is 1. The highest BCUT2D eigenvalue weighted by atomic mass is 16.7. The Morgan fingerprint density at radius 1 is 0.971 bits per heavy atom. The molecule has 2 saturated heterocycles. The summed E-state index contributed by atoms with van der Waals surface area (Å²) in [5.74, 6) is 0. The van der Waals surface area contributed by atoms with Crippen molar-refractivity contribution in [2.45, 2.75) is 98.4 Å². The van der Waals surface area contributed by atoms with E-state index >= 15 is 0 Å². The maximum absolute atomic E-state index is 11.1. The molecule has 0 spiro atoms. The second kappa shape index (κ2) is 11.2. The van der Waals surface area contributed by atoms with Gasteiger partial charge in [0.2, 0.25) is 0 Å². The molecule has 0 radical (unpaired) electrons. The van der Waals surface area contributed by atoms with Crippen LogP contribution in [0, 0.1) is 0 Å². The van der Waals surface area contributed by atoms with Crippen LogP contribution in [0.25, 0.3) is 0 Å². The van der Waals surface area contributed by atoms with Gasteiger partial charge in [0.05, 0.1) is 25.3 Å². The lowest BCUT2D eigenvalue weighted by Crippen LogP contribution is -2.69. The SMILES string of the molecule is CN[C@@H]1[C@@H](O)[C@@H](O[C@@H]2[C@@H](O)[C@H](O[C@H]3O[C@H](CO)[C@@H](O)[C@H](OC)[C@H]3N)[C@@H](N)C[C@H]2N)OC[C@]1(C)O. The van der Waals surface area contributed by atoms with E-state index in [9.17, 15) is 25.5 Å². The molecule has 200 valence electrons. The summed E-state index contributed by atoms with van der Waals surface area (Å²) in [6, 6.07) is -3.13. The molecular formula is C20H40N4O10. The standard InChI is InChI=1S/C20H40N4O10/c1-20(29)6-31-19(13(28)17(20)24-2)34-15-8(22)4-7(21)14(12(15)27)33-18-10(23)16(30-3)11(26)9(5-25)32-18/h7-19,24-29H,4-6,21-23H2,1-3H3/t7-,8+,9+,10+,11+,12-,13+,14+,15-,16+,17+,18+,19+,20-/m0/s1. The summed E-state index contributed by atoms with van der Waals surface area (Å²) >= 11 is 0. The Balaban J connectivity index is 1.73. The Morgan fingerprint density at radius 2 is 1.56 bits per heavy atom. The van der Waals surface area contributed by atoms with Crippen LogP contribution in [-0.4, -0.2) is 138 Å². The van der Waals surface area contributed by atoms with Gasteiger partial charge in [0.25, 0.3) is 0 Å². The number of hydrogen-bond donors (Lipinski definition) is 9. The maximum atomic E-state index is 11.1. The molecule has 12 N–H and O–H groups in total. The van der Waals surface area contributed by atoms with Gasteiger partial charge in [-0.1, -0.05) is 0 Å². The fourth-order valence-electron chi connectivity index (χ4n) is 5.02. The van der Waals surface area contributed by atoms with Crippen LogP contribution in [-0.2, 0) is 23.7 Å². The molecule has 1 saturated carbocycles. The lowest BCUT2D eigenvalue weighted by molar-refractivity contribution is -0.317. The summed E-state index contributed by atoms with van der Waals surface area (Å²) < 4.78 is 28.2. The third-order valence-electron chi connectivity index (χ3n) is 6.96. The number of nitrogens with one attached hydrogen (secondary N) is 1. The Hall–Kier alpha value is -0.560. The molecule has 0 aromatic carbocycles. The van der Waals surface area contributed by atoms with Gasteiger partial charge in [0.15, 0.2) is 12.6 Å². The second-order valence-electron chi connectivity index (χ2n) is 9.54. The van der Waals surface area contributed by atoms with E-state index in [4.69, 9.17) is 40.9 Å². The zero-order valence-corrected chi connectivity index (χ0v) is 19.6. The van der Waals surface area contributed by atoms with Crippen LogP contribution in [0.15, 0.2) is 0 Å². The molecular weight excluding hydrogens is 456 g/mol. The highest BCUT2D eigenvalue weighted by molar-refractivity contribution is 5.02. The van der Waals surface area contributed by atoms with Crippen molar-refractivity contribution in [3.8, 4) is 0 Å². The van der Waals surface area contributed by atoms with Gasteiger partial charge in [-0.15, -0.1) is 0 Å². The van der Waals surface area contributed by atoms with Crippen molar-refractivity contribution < 1.29 is 49.2 Å². The molecule has 2 aliphatic heterocycles. The van der Waals surface area contributed by atoms with Crippen molar-refractivity contribution >= 4 is 0 Å². The molecule has 3 fully saturated rings. The summed E-state index contributed by atoms with van der Waals surface area (Å²) in [7, 11) is 2.95. The first kappa shape index (κ1) is 28.0. The van der Waals surface area contributed by atoms with Crippen LogP contribution in [0.3, 0.4) is 0 Å². The molecule has 0 aromatic rings. The van der Waals surface area contributed by atoms with Crippen molar-refractivity contribution in [2.24, 2.45) is 17.2 Å². The minimum atomic E-state index is -1.36. The fourth-order valence-corrected chi connectivity index (χ4v) is 5.02. The Bertz CT molecular complexity index is 663. The number of aliphatic hydroxyl groups is 5. The van der Waals surface area contributed by atoms with Crippen molar-refractivity contribution in [3.05, 3.63) is 0 Å².